The normalized spacial score (nSPS) is 34.1. The van der Waals surface area contributed by atoms with Crippen molar-refractivity contribution in [1.29, 1.82) is 0 Å². The molecular weight excluding hydrogens is 180 g/mol. The smallest absolute Gasteiger partial charge is 0.150 e. The molecule has 0 fully saturated rings. The highest BCUT2D eigenvalue weighted by atomic mass is 16.1. The van der Waals surface area contributed by atoms with Crippen LogP contribution >= 0.6 is 0 Å². The Balaban J connectivity index is 2.03. The van der Waals surface area contributed by atoms with E-state index in [4.69, 9.17) is 0 Å². The van der Waals surface area contributed by atoms with E-state index in [2.05, 4.69) is 15.1 Å². The highest BCUT2D eigenvalue weighted by molar-refractivity contribution is 6.17. The van der Waals surface area contributed by atoms with E-state index < -0.39 is 0 Å². The van der Waals surface area contributed by atoms with E-state index in [9.17, 15) is 4.79 Å². The molecular formula is C9H10N4O. The summed E-state index contributed by atoms with van der Waals surface area (Å²) in [5, 5.41) is 5.97. The summed E-state index contributed by atoms with van der Waals surface area (Å²) in [5.41, 5.74) is 0. The molecule has 0 aliphatic carbocycles. The molecule has 0 aromatic rings. The molecule has 2 unspecified atom stereocenters. The monoisotopic (exact) mass is 190 g/mol. The highest BCUT2D eigenvalue weighted by Crippen LogP contribution is 2.24. The molecule has 3 aliphatic heterocycles. The fraction of sp³-hybridized carbons (Fsp3) is 0.556. The molecule has 5 nitrogen and oxygen atoms in total. The molecule has 3 rings (SSSR count). The predicted octanol–water partition coefficient (Wildman–Crippen LogP) is 0.0759. The lowest BCUT2D eigenvalue weighted by Crippen LogP contribution is -2.46. The second-order valence-corrected chi connectivity index (χ2v) is 3.59. The van der Waals surface area contributed by atoms with Crippen molar-refractivity contribution in [2.75, 3.05) is 6.54 Å². The topological polar surface area (TPSA) is 57.4 Å². The number of amidine groups is 1. The standard InChI is InChI=1S/C9H10N4O/c14-7-1-3-10-9-6(7)5-11-8-2-4-12-13(8)9/h4-6,8H,1-3H2. The molecule has 0 saturated heterocycles. The Bertz CT molecular complexity index is 371. The SMILES string of the molecule is O=C1CCN=C2C1C=NC1CC=NN21. The number of rotatable bonds is 0. The largest absolute Gasteiger partial charge is 0.298 e. The molecule has 0 amide bonds. The van der Waals surface area contributed by atoms with Gasteiger partial charge in [-0.3, -0.25) is 14.8 Å². The van der Waals surface area contributed by atoms with Crippen molar-refractivity contribution in [3.8, 4) is 0 Å². The zero-order chi connectivity index (χ0) is 9.54. The molecule has 3 heterocycles. The summed E-state index contributed by atoms with van der Waals surface area (Å²) in [6.45, 7) is 0.594. The summed E-state index contributed by atoms with van der Waals surface area (Å²) in [4.78, 5) is 20.2. The number of carbonyl (C=O) groups excluding carboxylic acids is 1. The molecule has 0 bridgehead atoms. The highest BCUT2D eigenvalue weighted by Gasteiger charge is 2.37. The molecule has 0 radical (unpaired) electrons. The molecule has 0 spiro atoms. The maximum atomic E-state index is 11.6. The number of nitrogens with zero attached hydrogens (tertiary/aromatic N) is 4. The Morgan fingerprint density at radius 1 is 1.50 bits per heavy atom. The zero-order valence-electron chi connectivity index (χ0n) is 7.63. The van der Waals surface area contributed by atoms with Gasteiger partial charge in [-0.1, -0.05) is 0 Å². The maximum absolute atomic E-state index is 11.6. The van der Waals surface area contributed by atoms with Crippen LogP contribution in [0.4, 0.5) is 0 Å². The van der Waals surface area contributed by atoms with Gasteiger partial charge in [0.05, 0.1) is 0 Å². The number of hydrogen-bond donors (Lipinski definition) is 0. The summed E-state index contributed by atoms with van der Waals surface area (Å²) in [7, 11) is 0. The summed E-state index contributed by atoms with van der Waals surface area (Å²) >= 11 is 0. The summed E-state index contributed by atoms with van der Waals surface area (Å²) in [6, 6.07) is 0. The Labute approximate surface area is 81.2 Å². The van der Waals surface area contributed by atoms with Crippen molar-refractivity contribution >= 4 is 24.0 Å². The van der Waals surface area contributed by atoms with E-state index in [1.165, 1.54) is 0 Å². The maximum Gasteiger partial charge on any atom is 0.150 e. The van der Waals surface area contributed by atoms with Gasteiger partial charge in [0.15, 0.2) is 5.78 Å². The first-order chi connectivity index (χ1) is 6.86. The summed E-state index contributed by atoms with van der Waals surface area (Å²) in [6.07, 6.45) is 4.96. The van der Waals surface area contributed by atoms with Crippen LogP contribution in [0, 0.1) is 5.92 Å². The Hall–Kier alpha value is -1.52. The fourth-order valence-corrected chi connectivity index (χ4v) is 1.97. The van der Waals surface area contributed by atoms with Gasteiger partial charge in [0.2, 0.25) is 0 Å². The van der Waals surface area contributed by atoms with Crippen molar-refractivity contribution < 1.29 is 4.79 Å². The number of carbonyl (C=O) groups is 1. The van der Waals surface area contributed by atoms with Crippen LogP contribution in [0.25, 0.3) is 0 Å². The molecule has 0 N–H and O–H groups in total. The van der Waals surface area contributed by atoms with Gasteiger partial charge in [-0.15, -0.1) is 0 Å². The van der Waals surface area contributed by atoms with Crippen LogP contribution in [0.15, 0.2) is 15.1 Å². The third-order valence-electron chi connectivity index (χ3n) is 2.70. The lowest BCUT2D eigenvalue weighted by Gasteiger charge is -2.31. The number of aliphatic imine (C=N–C) groups is 2. The molecule has 0 aromatic heterocycles. The second-order valence-electron chi connectivity index (χ2n) is 3.59. The molecule has 14 heavy (non-hydrogen) atoms. The van der Waals surface area contributed by atoms with Crippen LogP contribution in [0.1, 0.15) is 12.8 Å². The van der Waals surface area contributed by atoms with Crippen molar-refractivity contribution in [1.82, 2.24) is 5.01 Å². The van der Waals surface area contributed by atoms with E-state index in [1.807, 2.05) is 6.21 Å². The molecule has 2 atom stereocenters. The summed E-state index contributed by atoms with van der Waals surface area (Å²) in [5.74, 6) is 0.754. The summed E-state index contributed by atoms with van der Waals surface area (Å²) < 4.78 is 0. The lowest BCUT2D eigenvalue weighted by atomic mass is 9.97. The van der Waals surface area contributed by atoms with E-state index in [1.54, 1.807) is 11.2 Å². The Kier molecular flexibility index (Phi) is 1.53. The van der Waals surface area contributed by atoms with Gasteiger partial charge < -0.3 is 0 Å². The van der Waals surface area contributed by atoms with Gasteiger partial charge in [-0.05, 0) is 0 Å². The third-order valence-corrected chi connectivity index (χ3v) is 2.70. The van der Waals surface area contributed by atoms with Crippen LogP contribution < -0.4 is 0 Å². The predicted molar refractivity (Wildman–Crippen MR) is 52.6 cm³/mol. The van der Waals surface area contributed by atoms with Crippen molar-refractivity contribution in [2.24, 2.45) is 21.0 Å². The molecule has 0 saturated carbocycles. The van der Waals surface area contributed by atoms with Crippen LogP contribution in [0.2, 0.25) is 0 Å². The molecule has 72 valence electrons. The van der Waals surface area contributed by atoms with Crippen molar-refractivity contribution in [3.63, 3.8) is 0 Å². The van der Waals surface area contributed by atoms with E-state index >= 15 is 0 Å². The second kappa shape index (κ2) is 2.73. The van der Waals surface area contributed by atoms with Gasteiger partial charge >= 0.3 is 0 Å². The molecule has 5 heteroatoms. The van der Waals surface area contributed by atoms with E-state index in [0.29, 0.717) is 13.0 Å². The average molecular weight is 190 g/mol. The van der Waals surface area contributed by atoms with Gasteiger partial charge in [-0.25, -0.2) is 5.01 Å². The van der Waals surface area contributed by atoms with Crippen molar-refractivity contribution in [2.45, 2.75) is 19.0 Å². The first-order valence-corrected chi connectivity index (χ1v) is 4.78. The first-order valence-electron chi connectivity index (χ1n) is 4.78. The lowest BCUT2D eigenvalue weighted by molar-refractivity contribution is -0.119. The minimum atomic E-state index is -0.241. The Morgan fingerprint density at radius 2 is 2.43 bits per heavy atom. The minimum absolute atomic E-state index is 0.0518. The number of hydrazone groups is 1. The molecule has 3 aliphatic rings. The number of ketones is 1. The van der Waals surface area contributed by atoms with Gasteiger partial charge in [0, 0.05) is 31.8 Å². The third kappa shape index (κ3) is 0.950. The number of Topliss-reactive ketones (excluding diaryl/α,β-unsaturated/α-hetero) is 1. The van der Waals surface area contributed by atoms with Crippen LogP contribution in [0.5, 0.6) is 0 Å². The van der Waals surface area contributed by atoms with E-state index in [-0.39, 0.29) is 17.9 Å². The van der Waals surface area contributed by atoms with Crippen LogP contribution in [-0.4, -0.2) is 41.8 Å². The average Bonchev–Trinajstić information content (AvgIpc) is 2.66. The van der Waals surface area contributed by atoms with Crippen LogP contribution in [0.3, 0.4) is 0 Å². The fourth-order valence-electron chi connectivity index (χ4n) is 1.97. The zero-order valence-corrected chi connectivity index (χ0v) is 7.63. The van der Waals surface area contributed by atoms with Gasteiger partial charge in [-0.2, -0.15) is 5.10 Å². The first kappa shape index (κ1) is 7.84. The number of fused-ring (bicyclic) bond motifs is 3. The van der Waals surface area contributed by atoms with Crippen LogP contribution in [-0.2, 0) is 4.79 Å². The van der Waals surface area contributed by atoms with Crippen molar-refractivity contribution in [3.05, 3.63) is 0 Å². The van der Waals surface area contributed by atoms with Gasteiger partial charge in [0.25, 0.3) is 0 Å². The molecule has 0 aromatic carbocycles. The quantitative estimate of drug-likeness (QED) is 0.543. The minimum Gasteiger partial charge on any atom is -0.298 e. The van der Waals surface area contributed by atoms with Gasteiger partial charge in [0.1, 0.15) is 17.9 Å². The number of hydrogen-bond acceptors (Lipinski definition) is 5. The van der Waals surface area contributed by atoms with E-state index in [0.717, 1.165) is 12.3 Å². The Morgan fingerprint density at radius 3 is 3.36 bits per heavy atom.